The molecule has 0 aromatic heterocycles. The van der Waals surface area contributed by atoms with Gasteiger partial charge in [-0.2, -0.15) is 0 Å². The van der Waals surface area contributed by atoms with Crippen LogP contribution in [-0.4, -0.2) is 30.1 Å². The molecule has 0 radical (unpaired) electrons. The first-order valence-corrected chi connectivity index (χ1v) is 7.65. The molecule has 0 amide bonds. The molecule has 1 heterocycles. The molecule has 2 heteroatoms. The summed E-state index contributed by atoms with van der Waals surface area (Å²) in [5.41, 5.74) is 6.50. The van der Waals surface area contributed by atoms with Crippen LogP contribution >= 0.6 is 0 Å². The molecule has 1 aliphatic carbocycles. The number of hydrogen-bond acceptors (Lipinski definition) is 2. The first-order valence-electron chi connectivity index (χ1n) is 7.65. The van der Waals surface area contributed by atoms with Gasteiger partial charge in [-0.25, -0.2) is 0 Å². The van der Waals surface area contributed by atoms with Crippen molar-refractivity contribution in [3.05, 3.63) is 0 Å². The van der Waals surface area contributed by atoms with Gasteiger partial charge in [0, 0.05) is 12.1 Å². The van der Waals surface area contributed by atoms with Gasteiger partial charge in [0.1, 0.15) is 0 Å². The Hall–Kier alpha value is -0.0800. The number of hydrogen-bond donors (Lipinski definition) is 1. The van der Waals surface area contributed by atoms with Crippen LogP contribution in [0.25, 0.3) is 0 Å². The summed E-state index contributed by atoms with van der Waals surface area (Å²) < 4.78 is 0. The average molecular weight is 238 g/mol. The van der Waals surface area contributed by atoms with Gasteiger partial charge in [-0.05, 0) is 63.5 Å². The summed E-state index contributed by atoms with van der Waals surface area (Å²) in [6, 6.07) is 0. The molecule has 100 valence electrons. The van der Waals surface area contributed by atoms with E-state index < -0.39 is 0 Å². The van der Waals surface area contributed by atoms with Gasteiger partial charge in [0.25, 0.3) is 0 Å². The third-order valence-electron chi connectivity index (χ3n) is 5.31. The standard InChI is InChI=1S/C15H30N2/c1-3-14-5-4-9-17(10-7-14)15(12-16)8-6-13(2)11-15/h13-14H,3-12,16H2,1-2H3. The Kier molecular flexibility index (Phi) is 4.48. The van der Waals surface area contributed by atoms with Crippen LogP contribution in [0.5, 0.6) is 0 Å². The fourth-order valence-corrected chi connectivity index (χ4v) is 4.02. The maximum atomic E-state index is 6.14. The number of likely N-dealkylation sites (tertiary alicyclic amines) is 1. The minimum Gasteiger partial charge on any atom is -0.329 e. The van der Waals surface area contributed by atoms with E-state index in [1.165, 1.54) is 58.0 Å². The largest absolute Gasteiger partial charge is 0.329 e. The first kappa shape index (κ1) is 13.4. The predicted molar refractivity (Wildman–Crippen MR) is 74.0 cm³/mol. The second-order valence-electron chi connectivity index (χ2n) is 6.47. The quantitative estimate of drug-likeness (QED) is 0.819. The molecule has 0 spiro atoms. The van der Waals surface area contributed by atoms with E-state index >= 15 is 0 Å². The highest BCUT2D eigenvalue weighted by molar-refractivity contribution is 4.98. The molecule has 0 aromatic rings. The minimum atomic E-state index is 0.363. The van der Waals surface area contributed by atoms with E-state index in [1.807, 2.05) is 0 Å². The topological polar surface area (TPSA) is 29.3 Å². The third-order valence-corrected chi connectivity index (χ3v) is 5.31. The summed E-state index contributed by atoms with van der Waals surface area (Å²) in [7, 11) is 0. The van der Waals surface area contributed by atoms with Gasteiger partial charge in [0.05, 0.1) is 0 Å². The van der Waals surface area contributed by atoms with Crippen molar-refractivity contribution in [2.24, 2.45) is 17.6 Å². The van der Waals surface area contributed by atoms with Crippen LogP contribution in [0.3, 0.4) is 0 Å². The van der Waals surface area contributed by atoms with Crippen LogP contribution in [0, 0.1) is 11.8 Å². The van der Waals surface area contributed by atoms with Gasteiger partial charge in [0.15, 0.2) is 0 Å². The Morgan fingerprint density at radius 1 is 1.24 bits per heavy atom. The second kappa shape index (κ2) is 5.71. The van der Waals surface area contributed by atoms with Gasteiger partial charge in [-0.3, -0.25) is 4.90 Å². The summed E-state index contributed by atoms with van der Waals surface area (Å²) in [5, 5.41) is 0. The van der Waals surface area contributed by atoms with Crippen LogP contribution < -0.4 is 5.73 Å². The van der Waals surface area contributed by atoms with Crippen molar-refractivity contribution in [1.82, 2.24) is 4.90 Å². The number of nitrogens with two attached hydrogens (primary N) is 1. The highest BCUT2D eigenvalue weighted by atomic mass is 15.2. The molecule has 2 N–H and O–H groups in total. The van der Waals surface area contributed by atoms with Crippen molar-refractivity contribution >= 4 is 0 Å². The Bertz CT molecular complexity index is 241. The third kappa shape index (κ3) is 2.85. The molecule has 1 aliphatic heterocycles. The van der Waals surface area contributed by atoms with E-state index in [1.54, 1.807) is 0 Å². The maximum absolute atomic E-state index is 6.14. The summed E-state index contributed by atoms with van der Waals surface area (Å²) in [5.74, 6) is 1.84. The normalized spacial score (nSPS) is 40.4. The van der Waals surface area contributed by atoms with Gasteiger partial charge in [-0.1, -0.05) is 20.3 Å². The molecule has 17 heavy (non-hydrogen) atoms. The van der Waals surface area contributed by atoms with E-state index in [0.29, 0.717) is 5.54 Å². The van der Waals surface area contributed by atoms with E-state index in [9.17, 15) is 0 Å². The van der Waals surface area contributed by atoms with Crippen molar-refractivity contribution in [2.45, 2.75) is 64.3 Å². The Labute approximate surface area is 107 Å². The van der Waals surface area contributed by atoms with Crippen molar-refractivity contribution in [3.8, 4) is 0 Å². The number of nitrogens with zero attached hydrogens (tertiary/aromatic N) is 1. The molecule has 2 aliphatic rings. The molecule has 2 nitrogen and oxygen atoms in total. The molecular weight excluding hydrogens is 208 g/mol. The Morgan fingerprint density at radius 2 is 2.06 bits per heavy atom. The van der Waals surface area contributed by atoms with Gasteiger partial charge >= 0.3 is 0 Å². The summed E-state index contributed by atoms with van der Waals surface area (Å²) in [6.07, 6.45) is 9.62. The van der Waals surface area contributed by atoms with Crippen molar-refractivity contribution in [1.29, 1.82) is 0 Å². The van der Waals surface area contributed by atoms with E-state index in [-0.39, 0.29) is 0 Å². The van der Waals surface area contributed by atoms with Gasteiger partial charge in [0.2, 0.25) is 0 Å². The molecule has 1 saturated heterocycles. The van der Waals surface area contributed by atoms with Crippen LogP contribution in [0.1, 0.15) is 58.8 Å². The van der Waals surface area contributed by atoms with E-state index in [2.05, 4.69) is 18.7 Å². The fourth-order valence-electron chi connectivity index (χ4n) is 4.02. The zero-order valence-electron chi connectivity index (χ0n) is 11.8. The van der Waals surface area contributed by atoms with Gasteiger partial charge in [-0.15, -0.1) is 0 Å². The zero-order valence-corrected chi connectivity index (χ0v) is 11.8. The lowest BCUT2D eigenvalue weighted by Crippen LogP contribution is -2.52. The van der Waals surface area contributed by atoms with E-state index in [4.69, 9.17) is 5.73 Å². The summed E-state index contributed by atoms with van der Waals surface area (Å²) >= 11 is 0. The van der Waals surface area contributed by atoms with Crippen molar-refractivity contribution in [2.75, 3.05) is 19.6 Å². The number of rotatable bonds is 3. The molecule has 3 unspecified atom stereocenters. The van der Waals surface area contributed by atoms with Gasteiger partial charge < -0.3 is 5.73 Å². The minimum absolute atomic E-state index is 0.363. The smallest absolute Gasteiger partial charge is 0.0334 e. The van der Waals surface area contributed by atoms with Crippen LogP contribution in [0.15, 0.2) is 0 Å². The second-order valence-corrected chi connectivity index (χ2v) is 6.47. The average Bonchev–Trinajstić information content (AvgIpc) is 2.59. The van der Waals surface area contributed by atoms with E-state index in [0.717, 1.165) is 18.4 Å². The Morgan fingerprint density at radius 3 is 2.65 bits per heavy atom. The molecule has 2 fully saturated rings. The monoisotopic (exact) mass is 238 g/mol. The lowest BCUT2D eigenvalue weighted by atomic mass is 9.93. The zero-order chi connectivity index (χ0) is 12.3. The van der Waals surface area contributed by atoms with Crippen LogP contribution in [0.2, 0.25) is 0 Å². The van der Waals surface area contributed by atoms with Crippen molar-refractivity contribution < 1.29 is 0 Å². The highest BCUT2D eigenvalue weighted by Gasteiger charge is 2.41. The lowest BCUT2D eigenvalue weighted by molar-refractivity contribution is 0.0985. The summed E-state index contributed by atoms with van der Waals surface area (Å²) in [6.45, 7) is 8.19. The molecular formula is C15H30N2. The molecule has 2 rings (SSSR count). The molecule has 1 saturated carbocycles. The Balaban J connectivity index is 2.00. The highest BCUT2D eigenvalue weighted by Crippen LogP contribution is 2.39. The summed E-state index contributed by atoms with van der Waals surface area (Å²) in [4.78, 5) is 2.76. The molecule has 0 bridgehead atoms. The van der Waals surface area contributed by atoms with Crippen LogP contribution in [0.4, 0.5) is 0 Å². The lowest BCUT2D eigenvalue weighted by Gasteiger charge is -2.40. The fraction of sp³-hybridized carbons (Fsp3) is 1.00. The predicted octanol–water partition coefficient (Wildman–Crippen LogP) is 3.02. The molecule has 0 aromatic carbocycles. The van der Waals surface area contributed by atoms with Crippen molar-refractivity contribution in [3.63, 3.8) is 0 Å². The first-order chi connectivity index (χ1) is 8.20. The molecule has 3 atom stereocenters. The SMILES string of the molecule is CCC1CCCN(C2(CN)CCC(C)C2)CC1. The van der Waals surface area contributed by atoms with Crippen LogP contribution in [-0.2, 0) is 0 Å². The maximum Gasteiger partial charge on any atom is 0.0334 e.